The van der Waals surface area contributed by atoms with Gasteiger partial charge in [0.1, 0.15) is 10.0 Å². The molecule has 4 aromatic rings. The number of aryl methyl sites for hydroxylation is 1. The number of rotatable bonds is 3. The Morgan fingerprint density at radius 2 is 2.12 bits per heavy atom. The van der Waals surface area contributed by atoms with Crippen molar-refractivity contribution < 1.29 is 0 Å². The van der Waals surface area contributed by atoms with Gasteiger partial charge in [0.15, 0.2) is 0 Å². The molecule has 4 heterocycles. The van der Waals surface area contributed by atoms with Crippen LogP contribution in [0.5, 0.6) is 0 Å². The summed E-state index contributed by atoms with van der Waals surface area (Å²) in [4.78, 5) is 24.4. The second-order valence-electron chi connectivity index (χ2n) is 6.57. The van der Waals surface area contributed by atoms with Crippen molar-refractivity contribution in [3.8, 4) is 0 Å². The van der Waals surface area contributed by atoms with Crippen LogP contribution >= 0.6 is 22.7 Å². The van der Waals surface area contributed by atoms with Crippen LogP contribution in [0, 0.1) is 6.92 Å². The van der Waals surface area contributed by atoms with E-state index in [1.165, 1.54) is 31.6 Å². The fourth-order valence-electron chi connectivity index (χ4n) is 3.53. The Morgan fingerprint density at radius 1 is 1.23 bits per heavy atom. The van der Waals surface area contributed by atoms with Gasteiger partial charge in [-0.25, -0.2) is 9.97 Å². The molecule has 0 spiro atoms. The first-order valence-corrected chi connectivity index (χ1v) is 10.3. The Bertz CT molecular complexity index is 1130. The lowest BCUT2D eigenvalue weighted by Gasteiger charge is -2.21. The fourth-order valence-corrected chi connectivity index (χ4v) is 5.63. The largest absolute Gasteiger partial charge is 0.287 e. The Labute approximate surface area is 157 Å². The van der Waals surface area contributed by atoms with Gasteiger partial charge in [-0.2, -0.15) is 9.61 Å². The lowest BCUT2D eigenvalue weighted by Crippen LogP contribution is -2.23. The molecule has 6 nitrogen and oxygen atoms in total. The highest BCUT2D eigenvalue weighted by atomic mass is 32.1. The van der Waals surface area contributed by atoms with Crippen LogP contribution < -0.4 is 5.56 Å². The van der Waals surface area contributed by atoms with Crippen LogP contribution in [-0.4, -0.2) is 31.0 Å². The molecular weight excluding hydrogens is 366 g/mol. The van der Waals surface area contributed by atoms with Gasteiger partial charge >= 0.3 is 0 Å². The SMILES string of the molecule is Cc1cc(=O)n2nc(CN3CCC[C@H]3c3nc4ccccc4s3)sc2n1. The summed E-state index contributed by atoms with van der Waals surface area (Å²) in [6.45, 7) is 3.59. The third-order valence-corrected chi connectivity index (χ3v) is 6.74. The Balaban J connectivity index is 1.46. The van der Waals surface area contributed by atoms with E-state index in [-0.39, 0.29) is 5.56 Å². The van der Waals surface area contributed by atoms with Crippen LogP contribution in [0.4, 0.5) is 0 Å². The number of hydrogen-bond acceptors (Lipinski definition) is 7. The first kappa shape index (κ1) is 16.0. The van der Waals surface area contributed by atoms with Gasteiger partial charge in [0.2, 0.25) is 4.96 Å². The Kier molecular flexibility index (Phi) is 3.84. The zero-order chi connectivity index (χ0) is 17.7. The molecule has 1 aliphatic rings. The zero-order valence-electron chi connectivity index (χ0n) is 14.3. The van der Waals surface area contributed by atoms with Gasteiger partial charge in [0.05, 0.1) is 22.8 Å². The quantitative estimate of drug-likeness (QED) is 0.542. The molecule has 0 aliphatic carbocycles. The highest BCUT2D eigenvalue weighted by Gasteiger charge is 2.29. The average molecular weight is 384 g/mol. The van der Waals surface area contributed by atoms with Crippen LogP contribution in [0.25, 0.3) is 15.2 Å². The van der Waals surface area contributed by atoms with E-state index in [4.69, 9.17) is 4.98 Å². The first-order chi connectivity index (χ1) is 12.7. The van der Waals surface area contributed by atoms with Crippen molar-refractivity contribution in [2.75, 3.05) is 6.54 Å². The number of hydrogen-bond donors (Lipinski definition) is 0. The molecule has 1 aliphatic heterocycles. The number of fused-ring (bicyclic) bond motifs is 2. The Morgan fingerprint density at radius 3 is 3.00 bits per heavy atom. The van der Waals surface area contributed by atoms with Crippen molar-refractivity contribution in [1.29, 1.82) is 0 Å². The third kappa shape index (κ3) is 2.74. The van der Waals surface area contributed by atoms with Gasteiger partial charge in [-0.1, -0.05) is 23.5 Å². The summed E-state index contributed by atoms with van der Waals surface area (Å²) >= 11 is 3.28. The smallest absolute Gasteiger partial charge is 0.275 e. The van der Waals surface area contributed by atoms with Crippen LogP contribution in [0.2, 0.25) is 0 Å². The van der Waals surface area contributed by atoms with Gasteiger partial charge in [-0.3, -0.25) is 9.69 Å². The molecule has 132 valence electrons. The zero-order valence-corrected chi connectivity index (χ0v) is 15.9. The second-order valence-corrected chi connectivity index (χ2v) is 8.68. The number of likely N-dealkylation sites (tertiary alicyclic amines) is 1. The molecule has 0 bridgehead atoms. The molecule has 8 heteroatoms. The predicted octanol–water partition coefficient (Wildman–Crippen LogP) is 3.41. The standard InChI is InChI=1S/C18H17N5OS2/c1-11-9-16(24)23-18(19-11)26-15(21-23)10-22-8-4-6-13(22)17-20-12-5-2-3-7-14(12)25-17/h2-3,5,7,9,13H,4,6,8,10H2,1H3/t13-/m0/s1. The monoisotopic (exact) mass is 383 g/mol. The highest BCUT2D eigenvalue weighted by molar-refractivity contribution is 7.18. The van der Waals surface area contributed by atoms with Crippen LogP contribution in [0.3, 0.4) is 0 Å². The third-order valence-electron chi connectivity index (χ3n) is 4.71. The first-order valence-electron chi connectivity index (χ1n) is 8.63. The summed E-state index contributed by atoms with van der Waals surface area (Å²) in [6, 6.07) is 10.1. The summed E-state index contributed by atoms with van der Waals surface area (Å²) in [5, 5.41) is 6.59. The summed E-state index contributed by atoms with van der Waals surface area (Å²) in [7, 11) is 0. The normalized spacial score (nSPS) is 18.3. The molecule has 26 heavy (non-hydrogen) atoms. The summed E-state index contributed by atoms with van der Waals surface area (Å²) in [5.41, 5.74) is 1.70. The van der Waals surface area contributed by atoms with Crippen LogP contribution in [0.1, 0.15) is 34.6 Å². The number of para-hydroxylation sites is 1. The topological polar surface area (TPSA) is 63.4 Å². The van der Waals surface area contributed by atoms with E-state index < -0.39 is 0 Å². The van der Waals surface area contributed by atoms with E-state index in [2.05, 4.69) is 33.2 Å². The van der Waals surface area contributed by atoms with Gasteiger partial charge in [-0.05, 0) is 38.4 Å². The van der Waals surface area contributed by atoms with Gasteiger partial charge < -0.3 is 0 Å². The van der Waals surface area contributed by atoms with Crippen molar-refractivity contribution in [1.82, 2.24) is 24.5 Å². The molecule has 0 saturated carbocycles. The maximum atomic E-state index is 12.1. The molecule has 1 aromatic carbocycles. The van der Waals surface area contributed by atoms with Crippen LogP contribution in [-0.2, 0) is 6.54 Å². The maximum absolute atomic E-state index is 12.1. The van der Waals surface area contributed by atoms with Gasteiger partial charge in [0.25, 0.3) is 5.56 Å². The molecule has 1 fully saturated rings. The molecule has 3 aromatic heterocycles. The van der Waals surface area contributed by atoms with Crippen LogP contribution in [0.15, 0.2) is 35.1 Å². The van der Waals surface area contributed by atoms with Crippen molar-refractivity contribution in [2.45, 2.75) is 32.4 Å². The average Bonchev–Trinajstić information content (AvgIpc) is 3.31. The highest BCUT2D eigenvalue weighted by Crippen LogP contribution is 2.37. The minimum Gasteiger partial charge on any atom is -0.287 e. The van der Waals surface area contributed by atoms with Crippen molar-refractivity contribution >= 4 is 37.9 Å². The number of benzene rings is 1. The van der Waals surface area contributed by atoms with Gasteiger partial charge in [0, 0.05) is 11.8 Å². The number of thiazole rings is 1. The number of nitrogens with zero attached hydrogens (tertiary/aromatic N) is 5. The van der Waals surface area contributed by atoms with E-state index in [9.17, 15) is 4.79 Å². The summed E-state index contributed by atoms with van der Waals surface area (Å²) in [6.07, 6.45) is 2.27. The van der Waals surface area contributed by atoms with E-state index in [0.717, 1.165) is 42.1 Å². The van der Waals surface area contributed by atoms with Crippen molar-refractivity contribution in [3.05, 3.63) is 56.4 Å². The van der Waals surface area contributed by atoms with E-state index in [1.807, 2.05) is 13.0 Å². The van der Waals surface area contributed by atoms with E-state index in [0.29, 0.717) is 11.0 Å². The minimum absolute atomic E-state index is 0.112. The predicted molar refractivity (Wildman–Crippen MR) is 104 cm³/mol. The molecule has 0 N–H and O–H groups in total. The lowest BCUT2D eigenvalue weighted by atomic mass is 10.2. The molecule has 0 amide bonds. The molecular formula is C18H17N5OS2. The number of aromatic nitrogens is 4. The maximum Gasteiger partial charge on any atom is 0.275 e. The molecule has 5 rings (SSSR count). The summed E-state index contributed by atoms with van der Waals surface area (Å²) in [5.74, 6) is 0. The fraction of sp³-hybridized carbons (Fsp3) is 0.333. The Hall–Kier alpha value is -2.16. The molecule has 1 atom stereocenters. The second kappa shape index (κ2) is 6.22. The molecule has 0 radical (unpaired) electrons. The van der Waals surface area contributed by atoms with Crippen molar-refractivity contribution in [2.24, 2.45) is 0 Å². The lowest BCUT2D eigenvalue weighted by molar-refractivity contribution is 0.247. The summed E-state index contributed by atoms with van der Waals surface area (Å²) < 4.78 is 2.65. The van der Waals surface area contributed by atoms with Gasteiger partial charge in [-0.15, -0.1) is 11.3 Å². The van der Waals surface area contributed by atoms with Crippen molar-refractivity contribution in [3.63, 3.8) is 0 Å². The molecule has 0 unspecified atom stereocenters. The molecule has 1 saturated heterocycles. The van der Waals surface area contributed by atoms with E-state index >= 15 is 0 Å². The van der Waals surface area contributed by atoms with E-state index in [1.54, 1.807) is 11.3 Å². The minimum atomic E-state index is -0.112.